The number of rotatable bonds is 4. The van der Waals surface area contributed by atoms with Crippen molar-refractivity contribution in [2.24, 2.45) is 5.92 Å². The summed E-state index contributed by atoms with van der Waals surface area (Å²) in [6.07, 6.45) is 2.82. The number of hydrogen-bond acceptors (Lipinski definition) is 2. The SMILES string of the molecule is Cc1cc(C)cc(NC(=O)CCC2CCNC2)c1.Cl. The number of carbonyl (C=O) groups is 1. The molecule has 1 saturated heterocycles. The highest BCUT2D eigenvalue weighted by atomic mass is 35.5. The Balaban J connectivity index is 0.00000180. The molecular formula is C15H23ClN2O. The summed E-state index contributed by atoms with van der Waals surface area (Å²) in [6, 6.07) is 6.14. The molecule has 0 bridgehead atoms. The number of anilines is 1. The second kappa shape index (κ2) is 7.51. The molecule has 4 heteroatoms. The Hall–Kier alpha value is -1.06. The van der Waals surface area contributed by atoms with Gasteiger partial charge in [-0.1, -0.05) is 6.07 Å². The number of halogens is 1. The van der Waals surface area contributed by atoms with Gasteiger partial charge in [0.25, 0.3) is 0 Å². The topological polar surface area (TPSA) is 41.1 Å². The second-order valence-corrected chi connectivity index (χ2v) is 5.32. The van der Waals surface area contributed by atoms with Gasteiger partial charge in [0.2, 0.25) is 5.91 Å². The van der Waals surface area contributed by atoms with Crippen molar-refractivity contribution in [2.75, 3.05) is 18.4 Å². The van der Waals surface area contributed by atoms with Crippen LogP contribution in [0.1, 0.15) is 30.4 Å². The van der Waals surface area contributed by atoms with Crippen LogP contribution in [0.3, 0.4) is 0 Å². The van der Waals surface area contributed by atoms with Crippen LogP contribution in [-0.4, -0.2) is 19.0 Å². The van der Waals surface area contributed by atoms with Crippen LogP contribution in [0.15, 0.2) is 18.2 Å². The number of hydrogen-bond donors (Lipinski definition) is 2. The molecule has 1 atom stereocenters. The van der Waals surface area contributed by atoms with Gasteiger partial charge in [-0.3, -0.25) is 4.79 Å². The van der Waals surface area contributed by atoms with Gasteiger partial charge in [0.15, 0.2) is 0 Å². The highest BCUT2D eigenvalue weighted by Crippen LogP contribution is 2.17. The Labute approximate surface area is 121 Å². The lowest BCUT2D eigenvalue weighted by molar-refractivity contribution is -0.116. The fourth-order valence-corrected chi connectivity index (χ4v) is 2.57. The fourth-order valence-electron chi connectivity index (χ4n) is 2.57. The van der Waals surface area contributed by atoms with E-state index in [2.05, 4.69) is 16.7 Å². The molecule has 2 rings (SSSR count). The van der Waals surface area contributed by atoms with Crippen molar-refractivity contribution in [2.45, 2.75) is 33.1 Å². The summed E-state index contributed by atoms with van der Waals surface area (Å²) in [5.74, 6) is 0.807. The first-order valence-electron chi connectivity index (χ1n) is 6.72. The van der Waals surface area contributed by atoms with Crippen LogP contribution in [-0.2, 0) is 4.79 Å². The van der Waals surface area contributed by atoms with E-state index in [4.69, 9.17) is 0 Å². The third kappa shape index (κ3) is 5.21. The van der Waals surface area contributed by atoms with Gasteiger partial charge in [0, 0.05) is 12.1 Å². The van der Waals surface area contributed by atoms with E-state index in [1.807, 2.05) is 26.0 Å². The molecular weight excluding hydrogens is 260 g/mol. The summed E-state index contributed by atoms with van der Waals surface area (Å²) in [7, 11) is 0. The van der Waals surface area contributed by atoms with Crippen molar-refractivity contribution in [1.82, 2.24) is 5.32 Å². The molecule has 1 aliphatic rings. The van der Waals surface area contributed by atoms with Crippen LogP contribution >= 0.6 is 12.4 Å². The lowest BCUT2D eigenvalue weighted by atomic mass is 10.0. The summed E-state index contributed by atoms with van der Waals surface area (Å²) in [4.78, 5) is 11.9. The standard InChI is InChI=1S/C15H22N2O.ClH/c1-11-7-12(2)9-14(8-11)17-15(18)4-3-13-5-6-16-10-13;/h7-9,13,16H,3-6,10H2,1-2H3,(H,17,18);1H. The predicted octanol–water partition coefficient (Wildman–Crippen LogP) is 3.05. The maximum Gasteiger partial charge on any atom is 0.224 e. The van der Waals surface area contributed by atoms with Crippen LogP contribution in [0.25, 0.3) is 0 Å². The number of benzene rings is 1. The van der Waals surface area contributed by atoms with Crippen molar-refractivity contribution in [1.29, 1.82) is 0 Å². The molecule has 1 fully saturated rings. The van der Waals surface area contributed by atoms with E-state index in [1.165, 1.54) is 17.5 Å². The Kier molecular flexibility index (Phi) is 6.32. The molecule has 2 N–H and O–H groups in total. The highest BCUT2D eigenvalue weighted by Gasteiger charge is 2.15. The quantitative estimate of drug-likeness (QED) is 0.891. The molecule has 106 valence electrons. The maximum absolute atomic E-state index is 11.9. The number of nitrogens with one attached hydrogen (secondary N) is 2. The third-order valence-electron chi connectivity index (χ3n) is 3.45. The smallest absolute Gasteiger partial charge is 0.224 e. The van der Waals surface area contributed by atoms with Crippen molar-refractivity contribution in [3.05, 3.63) is 29.3 Å². The zero-order valence-corrected chi connectivity index (χ0v) is 12.5. The van der Waals surface area contributed by atoms with Crippen molar-refractivity contribution >= 4 is 24.0 Å². The minimum absolute atomic E-state index is 0. The van der Waals surface area contributed by atoms with E-state index < -0.39 is 0 Å². The zero-order valence-electron chi connectivity index (χ0n) is 11.7. The van der Waals surface area contributed by atoms with E-state index in [9.17, 15) is 4.79 Å². The van der Waals surface area contributed by atoms with Gasteiger partial charge in [0.1, 0.15) is 0 Å². The average Bonchev–Trinajstić information content (AvgIpc) is 2.77. The van der Waals surface area contributed by atoms with Gasteiger partial charge >= 0.3 is 0 Å². The van der Waals surface area contributed by atoms with Gasteiger partial charge < -0.3 is 10.6 Å². The Bertz CT molecular complexity index is 408. The molecule has 0 aromatic heterocycles. The molecule has 1 aliphatic heterocycles. The minimum atomic E-state index is 0. The van der Waals surface area contributed by atoms with Gasteiger partial charge in [-0.05, 0) is 69.0 Å². The van der Waals surface area contributed by atoms with Gasteiger partial charge in [-0.25, -0.2) is 0 Å². The molecule has 1 heterocycles. The summed E-state index contributed by atoms with van der Waals surface area (Å²) in [5.41, 5.74) is 3.29. The molecule has 0 spiro atoms. The van der Waals surface area contributed by atoms with Gasteiger partial charge in [-0.15, -0.1) is 12.4 Å². The first-order valence-corrected chi connectivity index (χ1v) is 6.72. The Morgan fingerprint density at radius 3 is 2.58 bits per heavy atom. The van der Waals surface area contributed by atoms with Gasteiger partial charge in [-0.2, -0.15) is 0 Å². The molecule has 1 aromatic rings. The van der Waals surface area contributed by atoms with E-state index >= 15 is 0 Å². The molecule has 19 heavy (non-hydrogen) atoms. The van der Waals surface area contributed by atoms with Gasteiger partial charge in [0.05, 0.1) is 0 Å². The lowest BCUT2D eigenvalue weighted by Crippen LogP contribution is -2.15. The predicted molar refractivity (Wildman–Crippen MR) is 82.0 cm³/mol. The lowest BCUT2D eigenvalue weighted by Gasteiger charge is -2.10. The van der Waals surface area contributed by atoms with Crippen molar-refractivity contribution in [3.63, 3.8) is 0 Å². The molecule has 1 unspecified atom stereocenters. The van der Waals surface area contributed by atoms with Crippen LogP contribution in [0.5, 0.6) is 0 Å². The number of aryl methyl sites for hydroxylation is 2. The van der Waals surface area contributed by atoms with E-state index in [0.29, 0.717) is 12.3 Å². The highest BCUT2D eigenvalue weighted by molar-refractivity contribution is 5.90. The molecule has 3 nitrogen and oxygen atoms in total. The van der Waals surface area contributed by atoms with Crippen LogP contribution < -0.4 is 10.6 Å². The van der Waals surface area contributed by atoms with Crippen LogP contribution in [0.2, 0.25) is 0 Å². The summed E-state index contributed by atoms with van der Waals surface area (Å²) >= 11 is 0. The molecule has 1 aromatic carbocycles. The maximum atomic E-state index is 11.9. The van der Waals surface area contributed by atoms with Crippen molar-refractivity contribution < 1.29 is 4.79 Å². The van der Waals surface area contributed by atoms with E-state index in [1.54, 1.807) is 0 Å². The Morgan fingerprint density at radius 1 is 1.32 bits per heavy atom. The fraction of sp³-hybridized carbons (Fsp3) is 0.533. The number of amides is 1. The largest absolute Gasteiger partial charge is 0.326 e. The van der Waals surface area contributed by atoms with Crippen LogP contribution in [0, 0.1) is 19.8 Å². The zero-order chi connectivity index (χ0) is 13.0. The third-order valence-corrected chi connectivity index (χ3v) is 3.45. The monoisotopic (exact) mass is 282 g/mol. The number of carbonyl (C=O) groups excluding carboxylic acids is 1. The first kappa shape index (κ1) is 16.0. The molecule has 0 aliphatic carbocycles. The molecule has 0 radical (unpaired) electrons. The van der Waals surface area contributed by atoms with Crippen molar-refractivity contribution in [3.8, 4) is 0 Å². The molecule has 1 amide bonds. The summed E-state index contributed by atoms with van der Waals surface area (Å²) in [5, 5.41) is 6.32. The van der Waals surface area contributed by atoms with Crippen LogP contribution in [0.4, 0.5) is 5.69 Å². The Morgan fingerprint density at radius 2 is 2.00 bits per heavy atom. The first-order chi connectivity index (χ1) is 8.63. The second-order valence-electron chi connectivity index (χ2n) is 5.32. The normalized spacial score (nSPS) is 17.9. The van der Waals surface area contributed by atoms with E-state index in [0.717, 1.165) is 25.2 Å². The summed E-state index contributed by atoms with van der Waals surface area (Å²) in [6.45, 7) is 6.26. The minimum Gasteiger partial charge on any atom is -0.326 e. The summed E-state index contributed by atoms with van der Waals surface area (Å²) < 4.78 is 0. The molecule has 0 saturated carbocycles. The average molecular weight is 283 g/mol. The van der Waals surface area contributed by atoms with E-state index in [-0.39, 0.29) is 18.3 Å².